The van der Waals surface area contributed by atoms with Gasteiger partial charge in [-0.3, -0.25) is 43.2 Å². The van der Waals surface area contributed by atoms with Crippen LogP contribution in [-0.4, -0.2) is 117 Å². The molecule has 18 nitrogen and oxygen atoms in total. The number of ether oxygens (including phenoxy) is 6. The van der Waals surface area contributed by atoms with Gasteiger partial charge in [-0.05, 0) is 67.8 Å². The lowest BCUT2D eigenvalue weighted by atomic mass is 10.1. The highest BCUT2D eigenvalue weighted by molar-refractivity contribution is 14.1. The first-order valence-corrected chi connectivity index (χ1v) is 17.9. The van der Waals surface area contributed by atoms with Crippen molar-refractivity contribution in [1.29, 1.82) is 0 Å². The second-order valence-corrected chi connectivity index (χ2v) is 13.6. The molecule has 0 saturated heterocycles. The Morgan fingerprint density at radius 1 is 0.608 bits per heavy atom. The van der Waals surface area contributed by atoms with Crippen molar-refractivity contribution >= 4 is 127 Å². The first-order chi connectivity index (χ1) is 23.7. The highest BCUT2D eigenvalue weighted by Gasteiger charge is 2.35. The number of halogens is 3. The summed E-state index contributed by atoms with van der Waals surface area (Å²) in [6.45, 7) is 3.29. The first kappa shape index (κ1) is 45.7. The summed E-state index contributed by atoms with van der Waals surface area (Å²) in [6.07, 6.45) is -2.52. The van der Waals surface area contributed by atoms with E-state index in [0.29, 0.717) is 0 Å². The van der Waals surface area contributed by atoms with Gasteiger partial charge in [-0.2, -0.15) is 0 Å². The summed E-state index contributed by atoms with van der Waals surface area (Å²) in [5, 5.41) is 0. The number of benzene rings is 1. The molecular weight excluding hydrogens is 1020 g/mol. The lowest BCUT2D eigenvalue weighted by molar-refractivity contribution is -0.159. The molecule has 2 N–H and O–H groups in total. The van der Waals surface area contributed by atoms with Gasteiger partial charge in [0.05, 0.1) is 43.6 Å². The van der Waals surface area contributed by atoms with E-state index in [4.69, 9.17) is 34.2 Å². The number of hydrogen-bond acceptors (Lipinski definition) is 15. The molecule has 21 heteroatoms. The molecule has 1 aromatic carbocycles. The minimum Gasteiger partial charge on any atom is -0.464 e. The molecular formula is C30H36I3N3O15. The van der Waals surface area contributed by atoms with Gasteiger partial charge in [-0.25, -0.2) is 0 Å². The standard InChI is InChI=1S/C30H36I3N3O15/c1-14(37)46-8-7-36(22(43)13-49-17(4)40)28-26(32)23(29(34)44)25(31)24(27(28)33)30(45)35(9-20(50-18(5)41)11-47-15(2)38)10-21(51-19(6)42)12-48-16(3)39/h20-21H,7-13H2,1-6H3,(H2,34,44). The topological polar surface area (TPSA) is 242 Å². The maximum absolute atomic E-state index is 14.7. The summed E-state index contributed by atoms with van der Waals surface area (Å²) in [6, 6.07) is 0. The monoisotopic (exact) mass is 1060 g/mol. The van der Waals surface area contributed by atoms with Gasteiger partial charge in [0.15, 0.2) is 18.8 Å². The number of primary amides is 1. The van der Waals surface area contributed by atoms with Crippen LogP contribution in [0.15, 0.2) is 0 Å². The predicted octanol–water partition coefficient (Wildman–Crippen LogP) is 1.49. The van der Waals surface area contributed by atoms with Crippen molar-refractivity contribution in [2.45, 2.75) is 53.8 Å². The fourth-order valence-electron chi connectivity index (χ4n) is 4.20. The second-order valence-electron chi connectivity index (χ2n) is 10.3. The van der Waals surface area contributed by atoms with E-state index >= 15 is 0 Å². The molecule has 0 radical (unpaired) electrons. The third-order valence-electron chi connectivity index (χ3n) is 6.09. The van der Waals surface area contributed by atoms with Gasteiger partial charge >= 0.3 is 35.8 Å². The Morgan fingerprint density at radius 2 is 1.04 bits per heavy atom. The Kier molecular flexibility index (Phi) is 19.6. The lowest BCUT2D eigenvalue weighted by Crippen LogP contribution is -2.47. The maximum atomic E-state index is 14.7. The molecule has 0 aromatic heterocycles. The smallest absolute Gasteiger partial charge is 0.303 e. The summed E-state index contributed by atoms with van der Waals surface area (Å²) in [5.41, 5.74) is 5.38. The molecule has 0 aliphatic carbocycles. The van der Waals surface area contributed by atoms with Gasteiger partial charge in [-0.1, -0.05) is 0 Å². The average Bonchev–Trinajstić information content (AvgIpc) is 2.98. The lowest BCUT2D eigenvalue weighted by Gasteiger charge is -2.32. The zero-order valence-corrected chi connectivity index (χ0v) is 34.8. The third kappa shape index (κ3) is 15.4. The fourth-order valence-corrected chi connectivity index (χ4v) is 8.94. The van der Waals surface area contributed by atoms with Crippen LogP contribution in [0.1, 0.15) is 62.3 Å². The number of esters is 6. The van der Waals surface area contributed by atoms with Crippen LogP contribution in [0.5, 0.6) is 0 Å². The molecule has 0 heterocycles. The molecule has 0 saturated carbocycles. The molecule has 282 valence electrons. The molecule has 1 rings (SSSR count). The highest BCUT2D eigenvalue weighted by atomic mass is 127. The second kappa shape index (κ2) is 21.9. The van der Waals surface area contributed by atoms with Crippen LogP contribution >= 0.6 is 67.8 Å². The Hall–Kier alpha value is -3.36. The summed E-state index contributed by atoms with van der Waals surface area (Å²) in [4.78, 5) is 113. The molecule has 0 fully saturated rings. The van der Waals surface area contributed by atoms with Gasteiger partial charge in [0.25, 0.3) is 17.7 Å². The van der Waals surface area contributed by atoms with E-state index in [-0.39, 0.29) is 40.7 Å². The fraction of sp³-hybridized carbons (Fsp3) is 0.500. The number of carbonyl (C=O) groups is 9. The van der Waals surface area contributed by atoms with Gasteiger partial charge < -0.3 is 44.0 Å². The normalized spacial score (nSPS) is 11.6. The molecule has 2 atom stereocenters. The van der Waals surface area contributed by atoms with Crippen molar-refractivity contribution < 1.29 is 71.6 Å². The number of nitrogens with zero attached hydrogens (tertiary/aromatic N) is 2. The molecule has 3 amide bonds. The van der Waals surface area contributed by atoms with Crippen molar-refractivity contribution in [3.63, 3.8) is 0 Å². The molecule has 51 heavy (non-hydrogen) atoms. The Balaban J connectivity index is 4.09. The number of hydrogen-bond donors (Lipinski definition) is 1. The SMILES string of the molecule is CC(=O)OCCN(C(=O)COC(C)=O)c1c(I)c(C(N)=O)c(I)c(C(=O)N(CC(COC(C)=O)OC(C)=O)CC(COC(C)=O)OC(C)=O)c1I. The van der Waals surface area contributed by atoms with E-state index in [0.717, 1.165) is 51.3 Å². The van der Waals surface area contributed by atoms with Crippen LogP contribution in [0.3, 0.4) is 0 Å². The van der Waals surface area contributed by atoms with E-state index in [1.807, 2.05) is 0 Å². The number of amides is 3. The number of nitrogens with two attached hydrogens (primary N) is 1. The molecule has 1 aromatic rings. The van der Waals surface area contributed by atoms with Crippen molar-refractivity contribution in [1.82, 2.24) is 4.90 Å². The van der Waals surface area contributed by atoms with Crippen molar-refractivity contribution in [2.24, 2.45) is 5.73 Å². The van der Waals surface area contributed by atoms with E-state index in [1.165, 1.54) is 0 Å². The minimum atomic E-state index is -1.26. The highest BCUT2D eigenvalue weighted by Crippen LogP contribution is 2.38. The van der Waals surface area contributed by atoms with Gasteiger partial charge in [0.2, 0.25) is 0 Å². The summed E-state index contributed by atoms with van der Waals surface area (Å²) in [5.74, 6) is -7.13. The van der Waals surface area contributed by atoms with Crippen LogP contribution in [0.4, 0.5) is 5.69 Å². The van der Waals surface area contributed by atoms with Gasteiger partial charge in [0, 0.05) is 45.1 Å². The summed E-state index contributed by atoms with van der Waals surface area (Å²) < 4.78 is 30.8. The van der Waals surface area contributed by atoms with E-state index < -0.39 is 98.7 Å². The number of anilines is 1. The van der Waals surface area contributed by atoms with Gasteiger partial charge in [-0.15, -0.1) is 0 Å². The minimum absolute atomic E-state index is 0.0223. The number of carbonyl (C=O) groups excluding carboxylic acids is 9. The molecule has 0 aliphatic heterocycles. The van der Waals surface area contributed by atoms with E-state index in [1.54, 1.807) is 67.8 Å². The van der Waals surface area contributed by atoms with Crippen LogP contribution in [0.2, 0.25) is 0 Å². The van der Waals surface area contributed by atoms with Gasteiger partial charge in [0.1, 0.15) is 19.8 Å². The Labute approximate surface area is 333 Å². The summed E-state index contributed by atoms with van der Waals surface area (Å²) in [7, 11) is 0. The van der Waals surface area contributed by atoms with Crippen molar-refractivity contribution in [3.8, 4) is 0 Å². The van der Waals surface area contributed by atoms with Crippen molar-refractivity contribution in [2.75, 3.05) is 51.0 Å². The Morgan fingerprint density at radius 3 is 1.43 bits per heavy atom. The largest absolute Gasteiger partial charge is 0.464 e. The first-order valence-electron chi connectivity index (χ1n) is 14.6. The zero-order chi connectivity index (χ0) is 39.2. The zero-order valence-electron chi connectivity index (χ0n) is 28.3. The van der Waals surface area contributed by atoms with Crippen molar-refractivity contribution in [3.05, 3.63) is 21.8 Å². The van der Waals surface area contributed by atoms with E-state index in [9.17, 15) is 43.2 Å². The summed E-state index contributed by atoms with van der Waals surface area (Å²) >= 11 is 5.25. The molecule has 0 bridgehead atoms. The third-order valence-corrected chi connectivity index (χ3v) is 9.27. The quantitative estimate of drug-likeness (QED) is 0.125. The van der Waals surface area contributed by atoms with Crippen LogP contribution in [0, 0.1) is 10.7 Å². The van der Waals surface area contributed by atoms with Crippen LogP contribution < -0.4 is 10.6 Å². The van der Waals surface area contributed by atoms with E-state index in [2.05, 4.69) is 0 Å². The average molecular weight is 1060 g/mol. The molecule has 2 unspecified atom stereocenters. The predicted molar refractivity (Wildman–Crippen MR) is 199 cm³/mol. The number of rotatable bonds is 18. The Bertz CT molecular complexity index is 1510. The van der Waals surface area contributed by atoms with Crippen LogP contribution in [-0.2, 0) is 62.0 Å². The molecule has 0 aliphatic rings. The van der Waals surface area contributed by atoms with Crippen LogP contribution in [0.25, 0.3) is 0 Å². The maximum Gasteiger partial charge on any atom is 0.303 e. The molecule has 0 spiro atoms.